The van der Waals surface area contributed by atoms with Crippen molar-refractivity contribution in [3.05, 3.63) is 24.2 Å². The Morgan fingerprint density at radius 1 is 1.10 bits per heavy atom. The summed E-state index contributed by atoms with van der Waals surface area (Å²) in [6, 6.07) is 0. The van der Waals surface area contributed by atoms with Crippen molar-refractivity contribution >= 4 is 29.4 Å². The maximum Gasteiger partial charge on any atom is 0.490 e. The Labute approximate surface area is 173 Å². The van der Waals surface area contributed by atoms with Gasteiger partial charge < -0.3 is 49.8 Å². The summed E-state index contributed by atoms with van der Waals surface area (Å²) in [6.45, 7) is 1.84. The molecule has 1 saturated heterocycles. The van der Waals surface area contributed by atoms with Gasteiger partial charge in [-0.1, -0.05) is 6.58 Å². The maximum absolute atomic E-state index is 11.8. The normalized spacial score (nSPS) is 31.1. The van der Waals surface area contributed by atoms with Crippen LogP contribution in [0.25, 0.3) is 0 Å². The number of aliphatic hydroxyl groups excluding tert-OH is 3. The molecule has 0 aliphatic carbocycles. The number of carbonyl (C=O) groups is 1. The van der Waals surface area contributed by atoms with Crippen molar-refractivity contribution in [1.82, 2.24) is 10.2 Å². The van der Waals surface area contributed by atoms with E-state index in [1.807, 2.05) is 0 Å². The Bertz CT molecular complexity index is 901. The van der Waals surface area contributed by atoms with Crippen molar-refractivity contribution in [1.29, 1.82) is 0 Å². The van der Waals surface area contributed by atoms with E-state index in [2.05, 4.69) is 25.0 Å². The van der Waals surface area contributed by atoms with E-state index in [4.69, 9.17) is 19.4 Å². The third kappa shape index (κ3) is 6.99. The molecule has 2 rings (SSSR count). The van der Waals surface area contributed by atoms with Crippen LogP contribution in [-0.4, -0.2) is 83.5 Å². The second kappa shape index (κ2) is 9.47. The van der Waals surface area contributed by atoms with Crippen molar-refractivity contribution < 1.29 is 71.3 Å². The molecule has 17 nitrogen and oxygen atoms in total. The lowest BCUT2D eigenvalue weighted by molar-refractivity contribution is -0.120. The maximum atomic E-state index is 11.8. The lowest BCUT2D eigenvalue weighted by Gasteiger charge is -2.34. The van der Waals surface area contributed by atoms with Crippen LogP contribution in [0.4, 0.5) is 0 Å². The summed E-state index contributed by atoms with van der Waals surface area (Å²) in [6.07, 6.45) is -5.27. The average Bonchev–Trinajstić information content (AvgIpc) is 2.85. The van der Waals surface area contributed by atoms with Crippen LogP contribution in [0.5, 0.6) is 0 Å². The lowest BCUT2D eigenvalue weighted by atomic mass is 10.1. The number of ether oxygens (including phenoxy) is 1. The fourth-order valence-electron chi connectivity index (χ4n) is 2.49. The first-order valence-corrected chi connectivity index (χ1v) is 12.5. The molecular formula is C11H19N2O15P3. The smallest absolute Gasteiger partial charge is 0.391 e. The molecule has 0 aromatic rings. The fraction of sp³-hybridized carbons (Fsp3) is 0.545. The number of aliphatic hydroxyl groups is 3. The number of hydrogen-bond acceptors (Lipinski definition) is 12. The molecule has 6 atom stereocenters. The van der Waals surface area contributed by atoms with E-state index in [0.29, 0.717) is 0 Å². The Kier molecular flexibility index (Phi) is 8.02. The molecule has 2 aliphatic rings. The molecule has 0 aromatic heterocycles. The number of nitrogens with zero attached hydrogens (tertiary/aromatic N) is 1. The van der Waals surface area contributed by atoms with Crippen LogP contribution >= 0.6 is 23.5 Å². The van der Waals surface area contributed by atoms with Gasteiger partial charge in [-0.25, -0.2) is 13.7 Å². The minimum absolute atomic E-state index is 0.0908. The molecule has 0 bridgehead atoms. The van der Waals surface area contributed by atoms with Gasteiger partial charge in [-0.15, -0.1) is 0 Å². The van der Waals surface area contributed by atoms with Gasteiger partial charge in [0.1, 0.15) is 24.1 Å². The minimum atomic E-state index is -5.73. The molecule has 8 N–H and O–H groups in total. The van der Waals surface area contributed by atoms with Gasteiger partial charge in [0, 0.05) is 6.20 Å². The highest BCUT2D eigenvalue weighted by atomic mass is 31.3. The molecule has 0 saturated carbocycles. The van der Waals surface area contributed by atoms with Gasteiger partial charge in [-0.3, -0.25) is 9.32 Å². The molecule has 20 heteroatoms. The molecule has 0 aromatic carbocycles. The van der Waals surface area contributed by atoms with E-state index in [1.54, 1.807) is 0 Å². The number of amides is 1. The molecule has 2 aliphatic heterocycles. The van der Waals surface area contributed by atoms with Crippen LogP contribution in [0, 0.1) is 0 Å². The molecular weight excluding hydrogens is 493 g/mol. The van der Waals surface area contributed by atoms with Crippen LogP contribution in [0.1, 0.15) is 0 Å². The standard InChI is InChI=1S/C11H19N2O15P3/c1-5-12-10(17)6(3-14)2-13(5)11-9(16)8(15)7(26-11)4-25-30(21,22)28-31(23,24)27-29(18,19)20/h2,7-9,11,14-16H,1,3-4H2,(H,12,17)(H,21,22)(H,23,24)(H2,18,19,20)/t7-,8+,9?,11-/m1/s1. The average molecular weight is 512 g/mol. The highest BCUT2D eigenvalue weighted by Crippen LogP contribution is 2.66. The van der Waals surface area contributed by atoms with Crippen LogP contribution < -0.4 is 5.32 Å². The van der Waals surface area contributed by atoms with Gasteiger partial charge in [0.05, 0.1) is 18.8 Å². The van der Waals surface area contributed by atoms with Crippen LogP contribution in [0.2, 0.25) is 0 Å². The number of nitrogens with one attached hydrogen (secondary N) is 1. The Balaban J connectivity index is 2.05. The van der Waals surface area contributed by atoms with Gasteiger partial charge in [-0.2, -0.15) is 8.62 Å². The largest absolute Gasteiger partial charge is 0.490 e. The predicted octanol–water partition coefficient (Wildman–Crippen LogP) is -2.44. The number of carbonyl (C=O) groups excluding carboxylic acids is 1. The van der Waals surface area contributed by atoms with Crippen molar-refractivity contribution in [3.63, 3.8) is 0 Å². The predicted molar refractivity (Wildman–Crippen MR) is 94.8 cm³/mol. The summed E-state index contributed by atoms with van der Waals surface area (Å²) in [5.41, 5.74) is -0.130. The van der Waals surface area contributed by atoms with E-state index in [0.717, 1.165) is 11.1 Å². The molecule has 2 heterocycles. The second-order valence-corrected chi connectivity index (χ2v) is 10.5. The zero-order valence-corrected chi connectivity index (χ0v) is 17.9. The lowest BCUT2D eigenvalue weighted by Crippen LogP contribution is -2.48. The summed E-state index contributed by atoms with van der Waals surface area (Å²) in [4.78, 5) is 48.2. The Morgan fingerprint density at radius 2 is 1.71 bits per heavy atom. The molecule has 0 spiro atoms. The van der Waals surface area contributed by atoms with Crippen molar-refractivity contribution in [2.75, 3.05) is 13.2 Å². The zero-order chi connectivity index (χ0) is 23.8. The van der Waals surface area contributed by atoms with Gasteiger partial charge in [0.2, 0.25) is 0 Å². The second-order valence-electron chi connectivity index (χ2n) is 6.05. The summed E-state index contributed by atoms with van der Waals surface area (Å²) >= 11 is 0. The van der Waals surface area contributed by atoms with E-state index in [9.17, 15) is 38.7 Å². The van der Waals surface area contributed by atoms with Crippen LogP contribution in [-0.2, 0) is 36.4 Å². The van der Waals surface area contributed by atoms with Gasteiger partial charge >= 0.3 is 23.5 Å². The van der Waals surface area contributed by atoms with E-state index < -0.39 is 67.1 Å². The molecule has 3 unspecified atom stereocenters. The van der Waals surface area contributed by atoms with Crippen LogP contribution in [0.15, 0.2) is 24.2 Å². The molecule has 1 fully saturated rings. The minimum Gasteiger partial charge on any atom is -0.391 e. The highest BCUT2D eigenvalue weighted by Gasteiger charge is 2.48. The van der Waals surface area contributed by atoms with E-state index >= 15 is 0 Å². The quantitative estimate of drug-likeness (QED) is 0.149. The first-order valence-electron chi connectivity index (χ1n) is 7.95. The zero-order valence-electron chi connectivity index (χ0n) is 15.2. The summed E-state index contributed by atoms with van der Waals surface area (Å²) in [5, 5.41) is 31.7. The number of phosphoric ester groups is 1. The number of phosphoric acid groups is 3. The number of rotatable bonds is 9. The third-order valence-corrected chi connectivity index (χ3v) is 7.56. The fourth-order valence-corrected chi connectivity index (χ4v) is 5.52. The first-order chi connectivity index (χ1) is 14.1. The number of hydrogen-bond donors (Lipinski definition) is 8. The van der Waals surface area contributed by atoms with Crippen LogP contribution in [0.3, 0.4) is 0 Å². The summed E-state index contributed by atoms with van der Waals surface area (Å²) in [7, 11) is -16.8. The summed E-state index contributed by atoms with van der Waals surface area (Å²) < 4.78 is 50.4. The molecule has 178 valence electrons. The SMILES string of the molecule is C=C1NC(=O)C(CO)=CN1[C@@H]1O[C@H](COP(=O)(O)OP(=O)(O)OP(=O)(O)O)[C@H](O)C1O. The van der Waals surface area contributed by atoms with Gasteiger partial charge in [-0.05, 0) is 0 Å². The first kappa shape index (κ1) is 26.3. The monoisotopic (exact) mass is 512 g/mol. The molecule has 31 heavy (non-hydrogen) atoms. The van der Waals surface area contributed by atoms with E-state index in [-0.39, 0.29) is 11.4 Å². The van der Waals surface area contributed by atoms with Crippen molar-refractivity contribution in [3.8, 4) is 0 Å². The topological polar surface area (TPSA) is 262 Å². The Hall–Kier alpha value is -1.00. The van der Waals surface area contributed by atoms with E-state index in [1.165, 1.54) is 0 Å². The third-order valence-electron chi connectivity index (χ3n) is 3.76. The van der Waals surface area contributed by atoms with Crippen molar-refractivity contribution in [2.24, 2.45) is 0 Å². The summed E-state index contributed by atoms with van der Waals surface area (Å²) in [5.74, 6) is -0.756. The molecule has 0 radical (unpaired) electrons. The highest BCUT2D eigenvalue weighted by molar-refractivity contribution is 7.66. The molecule has 1 amide bonds. The Morgan fingerprint density at radius 3 is 2.26 bits per heavy atom. The van der Waals surface area contributed by atoms with Gasteiger partial charge in [0.15, 0.2) is 6.23 Å². The van der Waals surface area contributed by atoms with Gasteiger partial charge in [0.25, 0.3) is 5.91 Å². The van der Waals surface area contributed by atoms with Crippen molar-refractivity contribution in [2.45, 2.75) is 24.5 Å².